The summed E-state index contributed by atoms with van der Waals surface area (Å²) in [6.45, 7) is -0.187. The zero-order valence-electron chi connectivity index (χ0n) is 12.0. The largest absolute Gasteiger partial charge is 0.489 e. The monoisotopic (exact) mass is 299 g/mol. The Balaban J connectivity index is 2.54. The predicted molar refractivity (Wildman–Crippen MR) is 81.7 cm³/mol. The van der Waals surface area contributed by atoms with Gasteiger partial charge in [-0.05, 0) is 37.5 Å². The third-order valence-corrected chi connectivity index (χ3v) is 3.33. The van der Waals surface area contributed by atoms with Crippen molar-refractivity contribution in [2.24, 2.45) is 5.73 Å². The van der Waals surface area contributed by atoms with E-state index in [1.807, 2.05) is 0 Å². The van der Waals surface area contributed by atoms with Crippen LogP contribution in [0.5, 0.6) is 5.75 Å². The van der Waals surface area contributed by atoms with E-state index >= 15 is 0 Å². The van der Waals surface area contributed by atoms with Gasteiger partial charge in [0.1, 0.15) is 12.4 Å². The molecule has 1 atom stereocenters. The first-order valence-electron chi connectivity index (χ1n) is 6.86. The number of hydrogen-bond donors (Lipinski definition) is 6. The molecule has 0 fully saturated rings. The van der Waals surface area contributed by atoms with Gasteiger partial charge in [-0.2, -0.15) is 0 Å². The molecule has 0 spiro atoms. The number of aliphatic hydroxyl groups excluding tert-OH is 3. The average Bonchev–Trinajstić information content (AvgIpc) is 2.37. The Labute approximate surface area is 124 Å². The maximum absolute atomic E-state index is 10.0. The molecule has 0 saturated carbocycles. The lowest BCUT2D eigenvalue weighted by molar-refractivity contribution is 0.0645. The van der Waals surface area contributed by atoms with Gasteiger partial charge in [0.05, 0.1) is 11.8 Å². The van der Waals surface area contributed by atoms with Crippen LogP contribution in [0.4, 0.5) is 11.4 Å². The molecule has 0 aliphatic rings. The van der Waals surface area contributed by atoms with Crippen LogP contribution < -0.4 is 21.9 Å². The van der Waals surface area contributed by atoms with Crippen molar-refractivity contribution < 1.29 is 20.1 Å². The first kappa shape index (κ1) is 17.5. The Morgan fingerprint density at radius 1 is 1.14 bits per heavy atom. The average molecular weight is 299 g/mol. The van der Waals surface area contributed by atoms with Crippen LogP contribution in [0.1, 0.15) is 19.3 Å². The number of anilines is 2. The molecule has 1 unspecified atom stereocenters. The molecule has 0 aliphatic heterocycles. The number of hydrogen-bond acceptors (Lipinski definition) is 7. The van der Waals surface area contributed by atoms with Gasteiger partial charge >= 0.3 is 0 Å². The second kappa shape index (κ2) is 8.04. The molecular formula is C14H25N3O4. The molecule has 0 aromatic heterocycles. The Bertz CT molecular complexity index is 436. The molecule has 0 amide bonds. The Kier molecular flexibility index (Phi) is 6.70. The van der Waals surface area contributed by atoms with Crippen molar-refractivity contribution in [3.8, 4) is 5.75 Å². The lowest BCUT2D eigenvalue weighted by Crippen LogP contribution is -2.45. The van der Waals surface area contributed by atoms with Crippen LogP contribution in [0.15, 0.2) is 18.2 Å². The fourth-order valence-corrected chi connectivity index (χ4v) is 2.19. The highest BCUT2D eigenvalue weighted by atomic mass is 16.5. The van der Waals surface area contributed by atoms with Crippen LogP contribution in [-0.4, -0.2) is 46.8 Å². The maximum Gasteiger partial charge on any atom is 0.142 e. The van der Waals surface area contributed by atoms with Gasteiger partial charge in [0.15, 0.2) is 0 Å². The highest BCUT2D eigenvalue weighted by molar-refractivity contribution is 5.60. The van der Waals surface area contributed by atoms with E-state index < -0.39 is 11.6 Å². The van der Waals surface area contributed by atoms with Gasteiger partial charge < -0.3 is 37.3 Å². The third kappa shape index (κ3) is 5.76. The zero-order chi connectivity index (χ0) is 15.9. The van der Waals surface area contributed by atoms with Crippen molar-refractivity contribution in [3.63, 3.8) is 0 Å². The van der Waals surface area contributed by atoms with Gasteiger partial charge in [0.2, 0.25) is 0 Å². The maximum atomic E-state index is 10.0. The third-order valence-electron chi connectivity index (χ3n) is 3.33. The number of ether oxygens (including phenoxy) is 1. The molecule has 1 rings (SSSR count). The summed E-state index contributed by atoms with van der Waals surface area (Å²) in [5.74, 6) is 0.440. The van der Waals surface area contributed by atoms with E-state index in [1.54, 1.807) is 18.2 Å². The van der Waals surface area contributed by atoms with Crippen molar-refractivity contribution in [2.75, 3.05) is 31.3 Å². The first-order chi connectivity index (χ1) is 9.90. The number of rotatable bonds is 9. The smallest absolute Gasteiger partial charge is 0.142 e. The number of nitrogen functional groups attached to an aromatic ring is 2. The lowest BCUT2D eigenvalue weighted by atomic mass is 9.87. The first-order valence-corrected chi connectivity index (χ1v) is 6.86. The van der Waals surface area contributed by atoms with Crippen LogP contribution in [0, 0.1) is 0 Å². The van der Waals surface area contributed by atoms with Crippen LogP contribution in [0.3, 0.4) is 0 Å². The van der Waals surface area contributed by atoms with Crippen LogP contribution in [-0.2, 0) is 0 Å². The summed E-state index contributed by atoms with van der Waals surface area (Å²) in [5.41, 5.74) is 17.5. The van der Waals surface area contributed by atoms with Crippen LogP contribution in [0.25, 0.3) is 0 Å². The van der Waals surface area contributed by atoms with E-state index in [2.05, 4.69) is 0 Å². The van der Waals surface area contributed by atoms with Gasteiger partial charge in [0.25, 0.3) is 0 Å². The quantitative estimate of drug-likeness (QED) is 0.335. The van der Waals surface area contributed by atoms with Crippen molar-refractivity contribution in [1.29, 1.82) is 0 Å². The van der Waals surface area contributed by atoms with Crippen LogP contribution >= 0.6 is 0 Å². The summed E-state index contributed by atoms with van der Waals surface area (Å²) in [4.78, 5) is 0. The topological polar surface area (TPSA) is 148 Å². The molecular weight excluding hydrogens is 274 g/mol. The van der Waals surface area contributed by atoms with Gasteiger partial charge in [-0.3, -0.25) is 0 Å². The van der Waals surface area contributed by atoms with E-state index in [4.69, 9.17) is 32.2 Å². The molecule has 7 nitrogen and oxygen atoms in total. The highest BCUT2D eigenvalue weighted by Crippen LogP contribution is 2.24. The fraction of sp³-hybridized carbons (Fsp3) is 0.571. The predicted octanol–water partition coefficient (Wildman–Crippen LogP) is -0.557. The summed E-state index contributed by atoms with van der Waals surface area (Å²) in [7, 11) is 0. The van der Waals surface area contributed by atoms with Crippen molar-refractivity contribution in [3.05, 3.63) is 18.2 Å². The van der Waals surface area contributed by atoms with E-state index in [9.17, 15) is 5.11 Å². The SMILES string of the molecule is Nc1ccc(OCC(O)CC(N)(CCO)CCO)c(N)c1. The van der Waals surface area contributed by atoms with Gasteiger partial charge in [-0.25, -0.2) is 0 Å². The van der Waals surface area contributed by atoms with Crippen molar-refractivity contribution in [1.82, 2.24) is 0 Å². The van der Waals surface area contributed by atoms with Gasteiger partial charge in [-0.15, -0.1) is 0 Å². The van der Waals surface area contributed by atoms with Crippen LogP contribution in [0.2, 0.25) is 0 Å². The fourth-order valence-electron chi connectivity index (χ4n) is 2.19. The number of aliphatic hydroxyl groups is 3. The minimum Gasteiger partial charge on any atom is -0.489 e. The Morgan fingerprint density at radius 3 is 2.29 bits per heavy atom. The second-order valence-electron chi connectivity index (χ2n) is 5.28. The number of nitrogens with two attached hydrogens (primary N) is 3. The van der Waals surface area contributed by atoms with Crippen molar-refractivity contribution in [2.45, 2.75) is 30.9 Å². The summed E-state index contributed by atoms with van der Waals surface area (Å²) >= 11 is 0. The molecule has 0 radical (unpaired) electrons. The van der Waals surface area contributed by atoms with E-state index in [0.717, 1.165) is 0 Å². The Morgan fingerprint density at radius 2 is 1.76 bits per heavy atom. The summed E-state index contributed by atoms with van der Waals surface area (Å²) in [6, 6.07) is 4.86. The van der Waals surface area contributed by atoms with E-state index in [-0.39, 0.29) is 26.2 Å². The molecule has 0 heterocycles. The molecule has 9 N–H and O–H groups in total. The molecule has 0 aliphatic carbocycles. The molecule has 21 heavy (non-hydrogen) atoms. The molecule has 0 bridgehead atoms. The molecule has 7 heteroatoms. The molecule has 1 aromatic rings. The minimum atomic E-state index is -0.829. The van der Waals surface area contributed by atoms with Gasteiger partial charge in [-0.1, -0.05) is 0 Å². The highest BCUT2D eigenvalue weighted by Gasteiger charge is 2.27. The summed E-state index contributed by atoms with van der Waals surface area (Å²) < 4.78 is 5.44. The summed E-state index contributed by atoms with van der Waals surface area (Å²) in [6.07, 6.45) is -0.0169. The summed E-state index contributed by atoms with van der Waals surface area (Å²) in [5, 5.41) is 28.0. The molecule has 1 aromatic carbocycles. The second-order valence-corrected chi connectivity index (χ2v) is 5.28. The minimum absolute atomic E-state index is 0.0178. The molecule has 120 valence electrons. The van der Waals surface area contributed by atoms with E-state index in [1.165, 1.54) is 0 Å². The van der Waals surface area contributed by atoms with Crippen molar-refractivity contribution >= 4 is 11.4 Å². The Hall–Kier alpha value is -1.54. The normalized spacial score (nSPS) is 13.1. The van der Waals surface area contributed by atoms with E-state index in [0.29, 0.717) is 30.0 Å². The standard InChI is InChI=1S/C14H25N3O4/c15-10-1-2-13(12(16)7-10)21-9-11(20)8-14(17,3-5-18)4-6-19/h1-2,7,11,18-20H,3-6,8-9,15-17H2. The molecule has 0 saturated heterocycles. The lowest BCUT2D eigenvalue weighted by Gasteiger charge is -2.30. The zero-order valence-corrected chi connectivity index (χ0v) is 12.0. The van der Waals surface area contributed by atoms with Gasteiger partial charge in [0, 0.05) is 24.4 Å². The number of benzene rings is 1.